The summed E-state index contributed by atoms with van der Waals surface area (Å²) < 4.78 is 5.42. The Hall–Kier alpha value is -2.30. The number of hydrogen-bond acceptors (Lipinski definition) is 7. The average molecular weight is 551 g/mol. The Morgan fingerprint density at radius 1 is 0.975 bits per heavy atom. The van der Waals surface area contributed by atoms with Crippen molar-refractivity contribution >= 4 is 17.5 Å². The minimum Gasteiger partial charge on any atom is -0.469 e. The van der Waals surface area contributed by atoms with Gasteiger partial charge in [0, 0.05) is 11.3 Å². The maximum absolute atomic E-state index is 14.6. The Morgan fingerprint density at radius 2 is 1.62 bits per heavy atom. The van der Waals surface area contributed by atoms with Crippen molar-refractivity contribution < 1.29 is 24.0 Å². The number of esters is 1. The highest BCUT2D eigenvalue weighted by molar-refractivity contribution is 6.06. The lowest BCUT2D eigenvalue weighted by molar-refractivity contribution is -0.196. The number of allylic oxidation sites excluding steroid dienone is 2. The van der Waals surface area contributed by atoms with Crippen LogP contribution < -0.4 is 5.48 Å². The molecule has 0 heterocycles. The van der Waals surface area contributed by atoms with Gasteiger partial charge in [0.15, 0.2) is 11.6 Å². The molecule has 0 radical (unpaired) electrons. The molecule has 3 fully saturated rings. The van der Waals surface area contributed by atoms with Crippen LogP contribution in [0.25, 0.3) is 0 Å². The number of ketones is 2. The standard InChI is InChI=1S/C33H46N2O5/c1-27(2)10-13-32(26(38)39-8)14-11-30(6)24(21(32)18-27)22(36)16-23-29(30,5)12-15-33(35-40-9)28(3,4)25(37)20(19-34)17-31(23,33)7/h16-17,21,24,35H,10-15,18H2,1-9H3/t21?,24?,29-,30-,31-,32+,33-/m1/s1. The minimum atomic E-state index is -0.958. The molecule has 3 saturated carbocycles. The van der Waals surface area contributed by atoms with Gasteiger partial charge in [-0.2, -0.15) is 10.7 Å². The Balaban J connectivity index is 1.75. The summed E-state index contributed by atoms with van der Waals surface area (Å²) in [6.07, 6.45) is 8.94. The van der Waals surface area contributed by atoms with E-state index in [2.05, 4.69) is 46.2 Å². The summed E-state index contributed by atoms with van der Waals surface area (Å²) in [7, 11) is 3.03. The van der Waals surface area contributed by atoms with Gasteiger partial charge in [-0.1, -0.05) is 54.5 Å². The van der Waals surface area contributed by atoms with Crippen LogP contribution in [0.2, 0.25) is 0 Å². The molecule has 0 aromatic heterocycles. The molecule has 2 unspecified atom stereocenters. The normalized spacial score (nSPS) is 45.0. The lowest BCUT2D eigenvalue weighted by Gasteiger charge is -2.71. The smallest absolute Gasteiger partial charge is 0.312 e. The van der Waals surface area contributed by atoms with E-state index in [0.717, 1.165) is 37.7 Å². The predicted molar refractivity (Wildman–Crippen MR) is 150 cm³/mol. The number of carbonyl (C=O) groups excluding carboxylic acids is 3. The van der Waals surface area contributed by atoms with Crippen molar-refractivity contribution in [3.63, 3.8) is 0 Å². The summed E-state index contributed by atoms with van der Waals surface area (Å²) >= 11 is 0. The third-order valence-corrected chi connectivity index (χ3v) is 13.1. The van der Waals surface area contributed by atoms with Crippen LogP contribution in [0, 0.1) is 55.7 Å². The highest BCUT2D eigenvalue weighted by atomic mass is 16.6. The molecule has 0 saturated heterocycles. The number of fused-ring (bicyclic) bond motifs is 7. The molecular formula is C33H46N2O5. The van der Waals surface area contributed by atoms with Gasteiger partial charge in [0.05, 0.1) is 36.2 Å². The first-order valence-corrected chi connectivity index (χ1v) is 14.8. The Bertz CT molecular complexity index is 1290. The summed E-state index contributed by atoms with van der Waals surface area (Å²) in [4.78, 5) is 47.2. The number of carbonyl (C=O) groups is 3. The zero-order valence-corrected chi connectivity index (χ0v) is 25.7. The maximum atomic E-state index is 14.6. The van der Waals surface area contributed by atoms with Crippen molar-refractivity contribution in [3.8, 4) is 6.07 Å². The van der Waals surface area contributed by atoms with E-state index in [1.807, 2.05) is 19.9 Å². The van der Waals surface area contributed by atoms with E-state index >= 15 is 0 Å². The van der Waals surface area contributed by atoms with Gasteiger partial charge in [0.25, 0.3) is 0 Å². The van der Waals surface area contributed by atoms with E-state index in [4.69, 9.17) is 9.57 Å². The van der Waals surface area contributed by atoms with Gasteiger partial charge >= 0.3 is 5.97 Å². The fourth-order valence-electron chi connectivity index (χ4n) is 10.5. The van der Waals surface area contributed by atoms with Gasteiger partial charge < -0.3 is 9.57 Å². The summed E-state index contributed by atoms with van der Waals surface area (Å²) in [6, 6.07) is 2.16. The van der Waals surface area contributed by atoms with E-state index < -0.39 is 32.6 Å². The van der Waals surface area contributed by atoms with Crippen LogP contribution in [-0.2, 0) is 24.0 Å². The Kier molecular flexibility index (Phi) is 6.29. The first-order chi connectivity index (χ1) is 18.5. The molecule has 5 rings (SSSR count). The summed E-state index contributed by atoms with van der Waals surface area (Å²) in [5.41, 5.74) is 0.306. The average Bonchev–Trinajstić information content (AvgIpc) is 2.89. The number of nitrogens with one attached hydrogen (secondary N) is 1. The van der Waals surface area contributed by atoms with Crippen LogP contribution >= 0.6 is 0 Å². The molecule has 0 aromatic carbocycles. The van der Waals surface area contributed by atoms with Gasteiger partial charge in [0.2, 0.25) is 0 Å². The minimum absolute atomic E-state index is 0.0277. The van der Waals surface area contributed by atoms with Crippen LogP contribution in [0.3, 0.4) is 0 Å². The second kappa shape index (κ2) is 8.61. The molecule has 5 aliphatic rings. The number of nitriles is 1. The quantitative estimate of drug-likeness (QED) is 0.357. The molecule has 7 nitrogen and oxygen atoms in total. The van der Waals surface area contributed by atoms with Crippen LogP contribution in [0.5, 0.6) is 0 Å². The number of ether oxygens (including phenoxy) is 1. The van der Waals surface area contributed by atoms with Crippen molar-refractivity contribution in [2.45, 2.75) is 99.0 Å². The molecule has 40 heavy (non-hydrogen) atoms. The van der Waals surface area contributed by atoms with E-state index in [0.29, 0.717) is 12.8 Å². The molecule has 5 aliphatic carbocycles. The summed E-state index contributed by atoms with van der Waals surface area (Å²) in [5.74, 6) is -0.733. The third kappa shape index (κ3) is 3.21. The van der Waals surface area contributed by atoms with Gasteiger partial charge in [-0.25, -0.2) is 0 Å². The van der Waals surface area contributed by atoms with Crippen LogP contribution in [0.4, 0.5) is 0 Å². The van der Waals surface area contributed by atoms with Gasteiger partial charge in [-0.05, 0) is 78.8 Å². The predicted octanol–water partition coefficient (Wildman–Crippen LogP) is 5.65. The molecule has 1 N–H and O–H groups in total. The van der Waals surface area contributed by atoms with Crippen LogP contribution in [0.1, 0.15) is 93.4 Å². The molecule has 7 atom stereocenters. The lowest BCUT2D eigenvalue weighted by Crippen LogP contribution is -2.75. The molecule has 7 heteroatoms. The first-order valence-electron chi connectivity index (χ1n) is 14.8. The highest BCUT2D eigenvalue weighted by Crippen LogP contribution is 2.75. The highest BCUT2D eigenvalue weighted by Gasteiger charge is 2.74. The molecule has 0 spiro atoms. The Labute approximate surface area is 239 Å². The fourth-order valence-corrected chi connectivity index (χ4v) is 10.5. The molecule has 0 aliphatic heterocycles. The third-order valence-electron chi connectivity index (χ3n) is 13.1. The monoisotopic (exact) mass is 550 g/mol. The fraction of sp³-hybridized carbons (Fsp3) is 0.758. The van der Waals surface area contributed by atoms with Crippen LogP contribution in [0.15, 0.2) is 23.3 Å². The molecule has 218 valence electrons. The lowest BCUT2D eigenvalue weighted by atomic mass is 9.33. The van der Waals surface area contributed by atoms with E-state index in [9.17, 15) is 19.6 Å². The van der Waals surface area contributed by atoms with E-state index in [-0.39, 0.29) is 40.4 Å². The van der Waals surface area contributed by atoms with Crippen molar-refractivity contribution in [1.29, 1.82) is 5.26 Å². The zero-order chi connectivity index (χ0) is 29.7. The van der Waals surface area contributed by atoms with Crippen molar-refractivity contribution in [2.75, 3.05) is 14.2 Å². The molecule has 0 bridgehead atoms. The van der Waals surface area contributed by atoms with Crippen molar-refractivity contribution in [1.82, 2.24) is 5.48 Å². The number of Topliss-reactive ketones (excluding diaryl/α,β-unsaturated/α-hetero) is 1. The molecular weight excluding hydrogens is 504 g/mol. The number of nitrogens with zero attached hydrogens (tertiary/aromatic N) is 1. The molecule has 0 amide bonds. The summed E-state index contributed by atoms with van der Waals surface area (Å²) in [6.45, 7) is 14.9. The topological polar surface area (TPSA) is 105 Å². The van der Waals surface area contributed by atoms with Crippen LogP contribution in [-0.4, -0.2) is 37.3 Å². The SMILES string of the molecule is CON[C@@]12CC[C@]3(C)C(=CC(=O)C4C5CC(C)(C)CC[C@]5(C(=O)OC)CC[C@]43C)[C@@]1(C)C=C(C#N)C(=O)C2(C)C. The maximum Gasteiger partial charge on any atom is 0.312 e. The number of hydroxylamine groups is 1. The Morgan fingerprint density at radius 3 is 2.23 bits per heavy atom. The van der Waals surface area contributed by atoms with Crippen molar-refractivity contribution in [3.05, 3.63) is 23.3 Å². The number of rotatable bonds is 3. The zero-order valence-electron chi connectivity index (χ0n) is 25.7. The van der Waals surface area contributed by atoms with Gasteiger partial charge in [-0.3, -0.25) is 14.4 Å². The second-order valence-electron chi connectivity index (χ2n) is 15.3. The van der Waals surface area contributed by atoms with Crippen molar-refractivity contribution in [2.24, 2.45) is 44.3 Å². The molecule has 0 aromatic rings. The van der Waals surface area contributed by atoms with Gasteiger partial charge in [-0.15, -0.1) is 0 Å². The largest absolute Gasteiger partial charge is 0.469 e. The number of methoxy groups -OCH3 is 1. The van der Waals surface area contributed by atoms with Gasteiger partial charge in [0.1, 0.15) is 6.07 Å². The van der Waals surface area contributed by atoms with E-state index in [1.165, 1.54) is 7.11 Å². The van der Waals surface area contributed by atoms with E-state index in [1.54, 1.807) is 13.2 Å². The second-order valence-corrected chi connectivity index (χ2v) is 15.3. The first kappa shape index (κ1) is 29.2. The summed E-state index contributed by atoms with van der Waals surface area (Å²) in [5, 5.41) is 10.0. The number of hydrogen-bond donors (Lipinski definition) is 1.